The first-order chi connectivity index (χ1) is 5.22. The first-order valence-corrected chi connectivity index (χ1v) is 5.61. The molecule has 64 valence electrons. The number of hydrogen-bond acceptors (Lipinski definition) is 1. The molecule has 0 atom stereocenters. The van der Waals surface area contributed by atoms with Gasteiger partial charge in [-0.1, -0.05) is 5.20 Å². The lowest BCUT2D eigenvalue weighted by Crippen LogP contribution is -2.28. The fourth-order valence-corrected chi connectivity index (χ4v) is 1.86. The van der Waals surface area contributed by atoms with E-state index in [1.165, 1.54) is 42.6 Å². The molecule has 0 amide bonds. The summed E-state index contributed by atoms with van der Waals surface area (Å²) in [6.07, 6.45) is 4.22. The first-order valence-electron chi connectivity index (χ1n) is 4.61. The van der Waals surface area contributed by atoms with Crippen LogP contribution in [0.2, 0.25) is 0 Å². The maximum Gasteiger partial charge on any atom is 0.0351 e. The Kier molecular flexibility index (Phi) is 3.18. The van der Waals surface area contributed by atoms with Gasteiger partial charge in [0.25, 0.3) is 0 Å². The minimum Gasteiger partial charge on any atom is -0.375 e. The summed E-state index contributed by atoms with van der Waals surface area (Å²) in [5.41, 5.74) is 1.55. The van der Waals surface area contributed by atoms with Gasteiger partial charge < -0.3 is 4.90 Å². The molecule has 1 rings (SSSR count). The Hall–Kier alpha value is -0.243. The van der Waals surface area contributed by atoms with Gasteiger partial charge in [-0.05, 0) is 33.1 Å². The van der Waals surface area contributed by atoms with Crippen molar-refractivity contribution in [1.29, 1.82) is 0 Å². The van der Waals surface area contributed by atoms with Gasteiger partial charge in [-0.25, -0.2) is 0 Å². The van der Waals surface area contributed by atoms with E-state index in [1.807, 2.05) is 0 Å². The van der Waals surface area contributed by atoms with Crippen LogP contribution in [-0.2, 0) is 0 Å². The van der Waals surface area contributed by atoms with Gasteiger partial charge in [0.2, 0.25) is 0 Å². The fourth-order valence-electron chi connectivity index (χ4n) is 1.55. The molecule has 2 heteroatoms. The topological polar surface area (TPSA) is 3.24 Å². The zero-order chi connectivity index (χ0) is 8.27. The van der Waals surface area contributed by atoms with Crippen molar-refractivity contribution in [3.63, 3.8) is 0 Å². The highest BCUT2D eigenvalue weighted by atomic mass is 28.1. The SMILES string of the molecule is CC([SiH3])=C(C)N1CCCCC1. The lowest BCUT2D eigenvalue weighted by molar-refractivity contribution is 0.285. The molecule has 0 spiro atoms. The van der Waals surface area contributed by atoms with Crippen molar-refractivity contribution in [2.24, 2.45) is 0 Å². The predicted molar refractivity (Wildman–Crippen MR) is 53.7 cm³/mol. The Balaban J connectivity index is 2.52. The van der Waals surface area contributed by atoms with E-state index in [9.17, 15) is 0 Å². The highest BCUT2D eigenvalue weighted by Gasteiger charge is 2.09. The monoisotopic (exact) mass is 169 g/mol. The molecule has 0 N–H and O–H groups in total. The Labute approximate surface area is 72.9 Å². The van der Waals surface area contributed by atoms with Crippen LogP contribution in [0.1, 0.15) is 33.1 Å². The van der Waals surface area contributed by atoms with Gasteiger partial charge in [0, 0.05) is 29.0 Å². The molecular formula is C9H19NSi. The fraction of sp³-hybridized carbons (Fsp3) is 0.778. The van der Waals surface area contributed by atoms with E-state index in [1.54, 1.807) is 10.9 Å². The Morgan fingerprint density at radius 3 is 2.09 bits per heavy atom. The van der Waals surface area contributed by atoms with E-state index < -0.39 is 0 Å². The molecule has 0 aromatic rings. The summed E-state index contributed by atoms with van der Waals surface area (Å²) in [5, 5.41) is 1.60. The third kappa shape index (κ3) is 2.36. The van der Waals surface area contributed by atoms with E-state index in [0.29, 0.717) is 0 Å². The Bertz CT molecular complexity index is 153. The number of rotatable bonds is 1. The van der Waals surface area contributed by atoms with E-state index in [0.717, 1.165) is 0 Å². The summed E-state index contributed by atoms with van der Waals surface area (Å²) < 4.78 is 0. The summed E-state index contributed by atoms with van der Waals surface area (Å²) in [4.78, 5) is 2.55. The van der Waals surface area contributed by atoms with Gasteiger partial charge in [0.05, 0.1) is 0 Å². The number of hydrogen-bond donors (Lipinski definition) is 0. The van der Waals surface area contributed by atoms with E-state index >= 15 is 0 Å². The van der Waals surface area contributed by atoms with Crippen molar-refractivity contribution in [2.75, 3.05) is 13.1 Å². The molecule has 1 aliphatic heterocycles. The third-order valence-corrected chi connectivity index (χ3v) is 3.28. The van der Waals surface area contributed by atoms with Crippen molar-refractivity contribution in [1.82, 2.24) is 4.90 Å². The van der Waals surface area contributed by atoms with Crippen LogP contribution in [-0.4, -0.2) is 28.2 Å². The van der Waals surface area contributed by atoms with Crippen LogP contribution in [0.15, 0.2) is 10.9 Å². The molecular weight excluding hydrogens is 150 g/mol. The smallest absolute Gasteiger partial charge is 0.0351 e. The molecule has 0 aliphatic carbocycles. The molecule has 1 nitrogen and oxygen atoms in total. The Morgan fingerprint density at radius 1 is 1.09 bits per heavy atom. The van der Waals surface area contributed by atoms with Gasteiger partial charge in [-0.2, -0.15) is 0 Å². The third-order valence-electron chi connectivity index (χ3n) is 2.55. The Morgan fingerprint density at radius 2 is 1.64 bits per heavy atom. The lowest BCUT2D eigenvalue weighted by atomic mass is 10.1. The van der Waals surface area contributed by atoms with Gasteiger partial charge in [0.1, 0.15) is 0 Å². The average Bonchev–Trinajstić information content (AvgIpc) is 2.05. The van der Waals surface area contributed by atoms with Crippen molar-refractivity contribution in [3.05, 3.63) is 10.9 Å². The van der Waals surface area contributed by atoms with Gasteiger partial charge in [0.15, 0.2) is 0 Å². The van der Waals surface area contributed by atoms with Gasteiger partial charge >= 0.3 is 0 Å². The van der Waals surface area contributed by atoms with E-state index in [4.69, 9.17) is 0 Å². The maximum absolute atomic E-state index is 2.55. The first kappa shape index (κ1) is 8.85. The summed E-state index contributed by atoms with van der Waals surface area (Å²) in [7, 11) is 1.22. The van der Waals surface area contributed by atoms with Crippen LogP contribution in [0.25, 0.3) is 0 Å². The van der Waals surface area contributed by atoms with Crippen LogP contribution in [0, 0.1) is 0 Å². The maximum atomic E-state index is 2.55. The molecule has 0 unspecified atom stereocenters. The zero-order valence-electron chi connectivity index (χ0n) is 7.98. The van der Waals surface area contributed by atoms with Crippen molar-refractivity contribution >= 4 is 10.2 Å². The normalized spacial score (nSPS) is 21.8. The highest BCUT2D eigenvalue weighted by molar-refractivity contribution is 6.21. The van der Waals surface area contributed by atoms with E-state index in [2.05, 4.69) is 18.7 Å². The molecule has 0 aromatic heterocycles. The molecule has 11 heavy (non-hydrogen) atoms. The minimum atomic E-state index is 1.22. The largest absolute Gasteiger partial charge is 0.375 e. The minimum absolute atomic E-state index is 1.22. The molecule has 1 aliphatic rings. The average molecular weight is 169 g/mol. The number of nitrogens with zero attached hydrogens (tertiary/aromatic N) is 1. The van der Waals surface area contributed by atoms with Crippen LogP contribution in [0.5, 0.6) is 0 Å². The van der Waals surface area contributed by atoms with Crippen LogP contribution in [0.4, 0.5) is 0 Å². The summed E-state index contributed by atoms with van der Waals surface area (Å²) in [5.74, 6) is 0. The number of allylic oxidation sites excluding steroid dienone is 2. The lowest BCUT2D eigenvalue weighted by Gasteiger charge is -2.30. The molecule has 1 fully saturated rings. The van der Waals surface area contributed by atoms with Crippen molar-refractivity contribution in [3.8, 4) is 0 Å². The standard InChI is InChI=1S/C9H19NSi/c1-8(9(2)11)10-6-4-3-5-7-10/h3-7H2,1-2,11H3. The second kappa shape index (κ2) is 3.95. The van der Waals surface area contributed by atoms with E-state index in [-0.39, 0.29) is 0 Å². The second-order valence-corrected chi connectivity index (χ2v) is 5.13. The van der Waals surface area contributed by atoms with Gasteiger partial charge in [-0.15, -0.1) is 0 Å². The summed E-state index contributed by atoms with van der Waals surface area (Å²) >= 11 is 0. The number of piperidine rings is 1. The van der Waals surface area contributed by atoms with Gasteiger partial charge in [-0.3, -0.25) is 0 Å². The molecule has 1 heterocycles. The summed E-state index contributed by atoms with van der Waals surface area (Å²) in [6, 6.07) is 0. The molecule has 0 aromatic carbocycles. The summed E-state index contributed by atoms with van der Waals surface area (Å²) in [6.45, 7) is 7.13. The molecule has 0 bridgehead atoms. The van der Waals surface area contributed by atoms with Crippen LogP contribution in [0.3, 0.4) is 0 Å². The van der Waals surface area contributed by atoms with Crippen LogP contribution >= 0.6 is 0 Å². The quantitative estimate of drug-likeness (QED) is 0.531. The predicted octanol–water partition coefficient (Wildman–Crippen LogP) is 1.09. The van der Waals surface area contributed by atoms with Crippen molar-refractivity contribution in [2.45, 2.75) is 33.1 Å². The second-order valence-electron chi connectivity index (χ2n) is 3.63. The molecule has 0 saturated carbocycles. The number of likely N-dealkylation sites (tertiary alicyclic amines) is 1. The molecule has 1 saturated heterocycles. The van der Waals surface area contributed by atoms with Crippen LogP contribution < -0.4 is 0 Å². The zero-order valence-corrected chi connectivity index (χ0v) is 9.98. The molecule has 0 radical (unpaired) electrons. The van der Waals surface area contributed by atoms with Crippen molar-refractivity contribution < 1.29 is 0 Å². The highest BCUT2D eigenvalue weighted by Crippen LogP contribution is 2.15.